The number of anilines is 2. The number of ether oxygens (including phenoxy) is 4. The molecule has 32 heteroatoms. The number of amides is 2. The summed E-state index contributed by atoms with van der Waals surface area (Å²) in [7, 11) is -9.24. The highest BCUT2D eigenvalue weighted by atomic mass is 35.5. The fourth-order valence-corrected chi connectivity index (χ4v) is 22.1. The SMILES string of the molecule is C[C@@H]1CCCCN1C[C@@H]1COc2cc(S(=O)(=O)NC(=O)c3ccc(N4CCN(CC5=C(c6ccc(Cl)cc6)CC(C)(C)CC5)CC4)cc3Oc3cnc4[nH]ccc4c3)cc([N+](=O)[O-])c2C1.C[C@H]1CCCCN1C[C@@H]1COc2cc(S(=O)(=O)NC(=O)c3ccc(N4CCN(CC5=C(c6ccc(Cl)cc6)CC(C)(C)CC5)CC4)cc3Oc3cnc4[nH]ccc4c3)cc([N+](=O)[O-])c2C1. The fraction of sp³-hybridized carbons (Fsp3) is 0.429. The van der Waals surface area contributed by atoms with Gasteiger partial charge in [-0.1, -0.05) is 99.2 Å². The lowest BCUT2D eigenvalue weighted by Gasteiger charge is -2.39. The fourth-order valence-electron chi connectivity index (χ4n) is 19.8. The van der Waals surface area contributed by atoms with E-state index in [1.807, 2.05) is 36.4 Å². The van der Waals surface area contributed by atoms with Crippen molar-refractivity contribution in [3.05, 3.63) is 233 Å². The predicted octanol–water partition coefficient (Wildman–Crippen LogP) is 18.5. The molecule has 6 aliphatic heterocycles. The number of allylic oxidation sites excluding steroid dienone is 2. The van der Waals surface area contributed by atoms with Crippen LogP contribution in [0.5, 0.6) is 34.5 Å². The molecule has 0 spiro atoms. The van der Waals surface area contributed by atoms with Gasteiger partial charge in [-0.2, -0.15) is 0 Å². The first-order valence-electron chi connectivity index (χ1n) is 45.2. The molecule has 4 N–H and O–H groups in total. The first-order valence-corrected chi connectivity index (χ1v) is 49.0. The van der Waals surface area contributed by atoms with E-state index in [0.717, 1.165) is 200 Å². The molecule has 8 aliphatic rings. The van der Waals surface area contributed by atoms with E-state index < -0.39 is 51.5 Å². The summed E-state index contributed by atoms with van der Waals surface area (Å²) in [6.45, 7) is 25.7. The number of hydrogen-bond donors (Lipinski definition) is 4. The minimum atomic E-state index is -4.62. The van der Waals surface area contributed by atoms with E-state index >= 15 is 0 Å². The number of pyridine rings is 2. The number of nitro groups is 2. The third-order valence-electron chi connectivity index (χ3n) is 27.3. The smallest absolute Gasteiger partial charge is 0.277 e. The Kier molecular flexibility index (Phi) is 26.9. The standard InChI is InChI=1S/2C49H56ClN7O7S/c2*1-32-6-4-5-17-56(32)29-33-22-42-44(57(59)60)25-40(26-45(42)63-31-33)65(61,62)53-48(58)41-12-11-38(24-46(41)64-39-23-35-14-16-51-47(35)52-28-39)55-20-18-54(19-21-55)30-36-13-15-49(2,3)27-43(36)34-7-9-37(50)10-8-34/h2*7-12,14,16,23-26,28,32-33H,4-6,13,15,17-22,27,29-31H2,1-3H3,(H,51,52)(H,53,58)/t32-,33+;32-,33-/m01/s1. The van der Waals surface area contributed by atoms with Crippen molar-refractivity contribution in [1.29, 1.82) is 0 Å². The summed E-state index contributed by atoms with van der Waals surface area (Å²) in [5.74, 6) is -0.633. The van der Waals surface area contributed by atoms with Crippen LogP contribution in [0.2, 0.25) is 10.0 Å². The Morgan fingerprint density at radius 3 is 1.31 bits per heavy atom. The maximum atomic E-state index is 14.1. The van der Waals surface area contributed by atoms with Crippen LogP contribution in [-0.4, -0.2) is 195 Å². The first kappa shape index (κ1) is 91.0. The second-order valence-electron chi connectivity index (χ2n) is 37.8. The lowest BCUT2D eigenvalue weighted by molar-refractivity contribution is -0.386. The molecule has 4 saturated heterocycles. The number of H-pyrrole nitrogens is 2. The second kappa shape index (κ2) is 38.5. The largest absolute Gasteiger partial charge is 0.493 e. The van der Waals surface area contributed by atoms with Gasteiger partial charge in [-0.15, -0.1) is 0 Å². The van der Waals surface area contributed by atoms with E-state index in [-0.39, 0.29) is 68.2 Å². The van der Waals surface area contributed by atoms with Crippen LogP contribution in [0.3, 0.4) is 0 Å². The Morgan fingerprint density at radius 2 is 0.923 bits per heavy atom. The monoisotopic (exact) mass is 1840 g/mol. The van der Waals surface area contributed by atoms with Crippen molar-refractivity contribution in [3.8, 4) is 34.5 Å². The predicted molar refractivity (Wildman–Crippen MR) is 505 cm³/mol. The molecule has 4 aromatic heterocycles. The molecule has 4 atom stereocenters. The molecular weight excluding hydrogens is 1730 g/mol. The number of nitro benzene ring substituents is 2. The van der Waals surface area contributed by atoms with Crippen molar-refractivity contribution >= 4 is 111 Å². The molecule has 684 valence electrons. The van der Waals surface area contributed by atoms with Crippen molar-refractivity contribution < 1.29 is 55.2 Å². The number of hydrogen-bond acceptors (Lipinski definition) is 22. The molecule has 2 aliphatic carbocycles. The van der Waals surface area contributed by atoms with Crippen LogP contribution in [0.15, 0.2) is 179 Å². The summed E-state index contributed by atoms with van der Waals surface area (Å²) in [5.41, 5.74) is 11.6. The zero-order valence-corrected chi connectivity index (χ0v) is 77.4. The Morgan fingerprint density at radius 1 is 0.523 bits per heavy atom. The van der Waals surface area contributed by atoms with E-state index in [1.165, 1.54) is 70.8 Å². The number of nitrogens with zero attached hydrogens (tertiary/aromatic N) is 10. The highest BCUT2D eigenvalue weighted by Crippen LogP contribution is 2.48. The number of nitrogens with one attached hydrogen (secondary N) is 4. The third-order valence-corrected chi connectivity index (χ3v) is 30.4. The number of likely N-dealkylation sites (tertiary alicyclic amines) is 2. The molecule has 28 nitrogen and oxygen atoms in total. The van der Waals surface area contributed by atoms with Crippen LogP contribution in [-0.2, 0) is 32.9 Å². The summed E-state index contributed by atoms with van der Waals surface area (Å²) in [6, 6.07) is 39.3. The van der Waals surface area contributed by atoms with Gasteiger partial charge in [-0.05, 0) is 210 Å². The number of piperidine rings is 2. The van der Waals surface area contributed by atoms with Crippen LogP contribution in [0.25, 0.3) is 33.2 Å². The van der Waals surface area contributed by atoms with Gasteiger partial charge in [-0.25, -0.2) is 36.2 Å². The molecular formula is C98H112Cl2N14O14S2. The zero-order valence-electron chi connectivity index (χ0n) is 74.3. The van der Waals surface area contributed by atoms with Gasteiger partial charge in [0.25, 0.3) is 43.2 Å². The summed E-state index contributed by atoms with van der Waals surface area (Å²) >= 11 is 12.5. The minimum absolute atomic E-state index is 0.0170. The quantitative estimate of drug-likeness (QED) is 0.0322. The molecule has 18 rings (SSSR count). The van der Waals surface area contributed by atoms with Crippen LogP contribution < -0.4 is 38.2 Å². The van der Waals surface area contributed by atoms with E-state index in [2.05, 4.69) is 125 Å². The highest BCUT2D eigenvalue weighted by Gasteiger charge is 2.39. The number of sulfonamides is 2. The number of aromatic nitrogens is 4. The van der Waals surface area contributed by atoms with Gasteiger partial charge < -0.3 is 48.5 Å². The number of rotatable bonds is 24. The second-order valence-corrected chi connectivity index (χ2v) is 42.0. The van der Waals surface area contributed by atoms with Crippen molar-refractivity contribution in [2.24, 2.45) is 22.7 Å². The summed E-state index contributed by atoms with van der Waals surface area (Å²) in [5, 5.41) is 27.9. The molecule has 6 aromatic carbocycles. The molecule has 0 saturated carbocycles. The third kappa shape index (κ3) is 21.1. The lowest BCUT2D eigenvalue weighted by atomic mass is 9.72. The Hall–Kier alpha value is -11.0. The van der Waals surface area contributed by atoms with Crippen LogP contribution in [0.4, 0.5) is 22.7 Å². The minimum Gasteiger partial charge on any atom is -0.493 e. The van der Waals surface area contributed by atoms with E-state index in [1.54, 1.807) is 60.9 Å². The molecule has 10 aromatic rings. The topological polar surface area (TPSA) is 326 Å². The number of carbonyl (C=O) groups is 2. The van der Waals surface area contributed by atoms with E-state index in [9.17, 15) is 46.7 Å². The van der Waals surface area contributed by atoms with Crippen molar-refractivity contribution in [2.45, 2.75) is 153 Å². The van der Waals surface area contributed by atoms with Gasteiger partial charge in [-0.3, -0.25) is 39.6 Å². The van der Waals surface area contributed by atoms with Gasteiger partial charge in [0.05, 0.1) is 67.5 Å². The molecule has 130 heavy (non-hydrogen) atoms. The van der Waals surface area contributed by atoms with Gasteiger partial charge in [0.2, 0.25) is 0 Å². The Labute approximate surface area is 768 Å². The summed E-state index contributed by atoms with van der Waals surface area (Å²) in [4.78, 5) is 80.2. The maximum Gasteiger partial charge on any atom is 0.277 e. The molecule has 10 heterocycles. The van der Waals surface area contributed by atoms with Crippen LogP contribution >= 0.6 is 23.2 Å². The highest BCUT2D eigenvalue weighted by molar-refractivity contribution is 7.90. The zero-order chi connectivity index (χ0) is 90.9. The van der Waals surface area contributed by atoms with Crippen molar-refractivity contribution in [3.63, 3.8) is 0 Å². The molecule has 0 radical (unpaired) electrons. The number of carbonyl (C=O) groups excluding carboxylic acids is 2. The van der Waals surface area contributed by atoms with Gasteiger partial charge in [0, 0.05) is 183 Å². The molecule has 0 bridgehead atoms. The lowest BCUT2D eigenvalue weighted by Crippen LogP contribution is -2.47. The Balaban J connectivity index is 0.000000182. The molecule has 2 amide bonds. The number of aromatic amines is 2. The normalized spacial score (nSPS) is 20.6. The van der Waals surface area contributed by atoms with Crippen LogP contribution in [0, 0.1) is 42.9 Å². The number of fused-ring (bicyclic) bond motifs is 4. The van der Waals surface area contributed by atoms with Crippen molar-refractivity contribution in [1.82, 2.24) is 49.0 Å². The summed E-state index contributed by atoms with van der Waals surface area (Å²) in [6.07, 6.45) is 20.6. The molecule has 4 fully saturated rings. The van der Waals surface area contributed by atoms with Gasteiger partial charge >= 0.3 is 0 Å². The van der Waals surface area contributed by atoms with Gasteiger partial charge in [0.1, 0.15) is 45.8 Å². The van der Waals surface area contributed by atoms with Gasteiger partial charge in [0.15, 0.2) is 0 Å². The van der Waals surface area contributed by atoms with Crippen LogP contribution in [0.1, 0.15) is 162 Å². The average Bonchev–Trinajstić information content (AvgIpc) is 1.49. The maximum absolute atomic E-state index is 14.1. The van der Waals surface area contributed by atoms with E-state index in [4.69, 9.17) is 42.1 Å². The number of benzene rings is 6. The van der Waals surface area contributed by atoms with E-state index in [0.29, 0.717) is 72.1 Å². The molecule has 0 unspecified atom stereocenters. The number of piperazine rings is 2. The average molecular weight is 1850 g/mol. The Bertz CT molecular complexity index is 5870. The first-order chi connectivity index (χ1) is 62.3. The summed E-state index contributed by atoms with van der Waals surface area (Å²) < 4.78 is 85.0. The van der Waals surface area contributed by atoms with Crippen molar-refractivity contribution in [2.75, 3.05) is 115 Å². The number of halogens is 2.